The Morgan fingerprint density at radius 3 is 1.38 bits per heavy atom. The van der Waals surface area contributed by atoms with E-state index in [9.17, 15) is 5.26 Å². The second kappa shape index (κ2) is 12.8. The number of benzene rings is 5. The third kappa shape index (κ3) is 6.68. The molecule has 2 heterocycles. The molecule has 0 saturated heterocycles. The largest absolute Gasteiger partial charge is 0.248 e. The van der Waals surface area contributed by atoms with E-state index in [1.165, 1.54) is 11.1 Å². The van der Waals surface area contributed by atoms with Crippen LogP contribution in [0, 0.1) is 11.3 Å². The van der Waals surface area contributed by atoms with Crippen LogP contribution in [0.3, 0.4) is 0 Å². The predicted molar refractivity (Wildman–Crippen MR) is 207 cm³/mol. The van der Waals surface area contributed by atoms with Crippen LogP contribution < -0.4 is 0 Å². The summed E-state index contributed by atoms with van der Waals surface area (Å²) >= 11 is 0. The molecule has 7 rings (SSSR count). The molecule has 0 unspecified atom stereocenters. The molecule has 0 saturated carbocycles. The Balaban J connectivity index is 1.33. The van der Waals surface area contributed by atoms with Crippen LogP contribution in [0.25, 0.3) is 67.2 Å². The zero-order valence-electron chi connectivity index (χ0n) is 29.5. The Hall–Kier alpha value is -5.92. The van der Waals surface area contributed by atoms with Gasteiger partial charge < -0.3 is 0 Å². The summed E-state index contributed by atoms with van der Waals surface area (Å²) in [4.78, 5) is 15.3. The van der Waals surface area contributed by atoms with Gasteiger partial charge in [0, 0.05) is 22.3 Å². The average Bonchev–Trinajstić information content (AvgIpc) is 3.13. The van der Waals surface area contributed by atoms with Crippen LogP contribution in [0.5, 0.6) is 0 Å². The monoisotopic (exact) mass is 648 g/mol. The lowest BCUT2D eigenvalue weighted by atomic mass is 9.86. The number of nitriles is 1. The maximum absolute atomic E-state index is 9.59. The van der Waals surface area contributed by atoms with Gasteiger partial charge in [-0.05, 0) is 69.5 Å². The van der Waals surface area contributed by atoms with Gasteiger partial charge in [-0.15, -0.1) is 0 Å². The maximum Gasteiger partial charge on any atom is 0.0991 e. The van der Waals surface area contributed by atoms with Crippen LogP contribution in [0.2, 0.25) is 0 Å². The normalized spacial score (nSPS) is 11.8. The minimum atomic E-state index is 0.0727. The van der Waals surface area contributed by atoms with Crippen LogP contribution in [0.1, 0.15) is 58.2 Å². The van der Waals surface area contributed by atoms with E-state index in [2.05, 4.69) is 133 Å². The van der Waals surface area contributed by atoms with Crippen molar-refractivity contribution in [2.24, 2.45) is 0 Å². The van der Waals surface area contributed by atoms with Crippen molar-refractivity contribution in [2.45, 2.75) is 52.4 Å². The van der Waals surface area contributed by atoms with Gasteiger partial charge in [-0.2, -0.15) is 5.26 Å². The zero-order chi connectivity index (χ0) is 35.0. The van der Waals surface area contributed by atoms with Gasteiger partial charge >= 0.3 is 0 Å². The van der Waals surface area contributed by atoms with Crippen LogP contribution in [-0.4, -0.2) is 15.0 Å². The van der Waals surface area contributed by atoms with Gasteiger partial charge in [0.15, 0.2) is 0 Å². The second-order valence-electron chi connectivity index (χ2n) is 15.0. The van der Waals surface area contributed by atoms with Gasteiger partial charge in [0.1, 0.15) is 0 Å². The summed E-state index contributed by atoms with van der Waals surface area (Å²) in [5.41, 5.74) is 14.5. The molecule has 0 fully saturated rings. The van der Waals surface area contributed by atoms with Crippen molar-refractivity contribution in [3.05, 3.63) is 150 Å². The van der Waals surface area contributed by atoms with Gasteiger partial charge in [0.2, 0.25) is 0 Å². The van der Waals surface area contributed by atoms with Gasteiger partial charge in [-0.1, -0.05) is 139 Å². The topological polar surface area (TPSA) is 62.5 Å². The fraction of sp³-hybridized carbons (Fsp3) is 0.174. The van der Waals surface area contributed by atoms with Gasteiger partial charge in [-0.3, -0.25) is 0 Å². The molecule has 0 N–H and O–H groups in total. The lowest BCUT2D eigenvalue weighted by molar-refractivity contribution is 0.590. The van der Waals surface area contributed by atoms with Gasteiger partial charge in [0.25, 0.3) is 0 Å². The molecule has 0 bridgehead atoms. The number of para-hydroxylation sites is 2. The molecule has 50 heavy (non-hydrogen) atoms. The quantitative estimate of drug-likeness (QED) is 0.186. The van der Waals surface area contributed by atoms with E-state index in [0.29, 0.717) is 5.56 Å². The van der Waals surface area contributed by atoms with E-state index in [1.54, 1.807) is 6.07 Å². The first kappa shape index (κ1) is 32.6. The molecule has 0 aliphatic heterocycles. The molecule has 0 aliphatic rings. The highest BCUT2D eigenvalue weighted by Crippen LogP contribution is 2.36. The molecular weight excluding hydrogens is 609 g/mol. The SMILES string of the molecule is CC(C)(C)c1ccc(-c2cc(-c3ccc(-c4nc5ccccc5nc4-c4cccc(C#N)c4)cc3)nc(-c3ccc(C(C)(C)C)cc3)c2)cc1. The third-order valence-electron chi connectivity index (χ3n) is 9.25. The summed E-state index contributed by atoms with van der Waals surface area (Å²) < 4.78 is 0. The smallest absolute Gasteiger partial charge is 0.0991 e. The maximum atomic E-state index is 9.59. The first-order valence-electron chi connectivity index (χ1n) is 17.1. The van der Waals surface area contributed by atoms with Crippen molar-refractivity contribution in [3.63, 3.8) is 0 Å². The highest BCUT2D eigenvalue weighted by molar-refractivity contribution is 5.87. The lowest BCUT2D eigenvalue weighted by Crippen LogP contribution is -2.10. The summed E-state index contributed by atoms with van der Waals surface area (Å²) in [6.45, 7) is 13.4. The number of fused-ring (bicyclic) bond motifs is 1. The molecule has 0 amide bonds. The number of hydrogen-bond donors (Lipinski definition) is 0. The predicted octanol–water partition coefficient (Wildman–Crippen LogP) is 11.8. The molecule has 0 spiro atoms. The van der Waals surface area contributed by atoms with E-state index >= 15 is 0 Å². The fourth-order valence-electron chi connectivity index (χ4n) is 6.23. The van der Waals surface area contributed by atoms with Crippen LogP contribution >= 0.6 is 0 Å². The Morgan fingerprint density at radius 1 is 0.420 bits per heavy atom. The number of nitrogens with zero attached hydrogens (tertiary/aromatic N) is 4. The van der Waals surface area contributed by atoms with Crippen LogP contribution in [0.4, 0.5) is 0 Å². The number of aromatic nitrogens is 3. The molecule has 0 atom stereocenters. The lowest BCUT2D eigenvalue weighted by Gasteiger charge is -2.20. The van der Waals surface area contributed by atoms with Gasteiger partial charge in [-0.25, -0.2) is 15.0 Å². The molecular formula is C46H40N4. The summed E-state index contributed by atoms with van der Waals surface area (Å²) in [6, 6.07) is 48.2. The molecule has 0 radical (unpaired) electrons. The van der Waals surface area contributed by atoms with Crippen molar-refractivity contribution < 1.29 is 0 Å². The van der Waals surface area contributed by atoms with Crippen LogP contribution in [-0.2, 0) is 10.8 Å². The number of hydrogen-bond acceptors (Lipinski definition) is 4. The Kier molecular flexibility index (Phi) is 8.38. The van der Waals surface area contributed by atoms with E-state index in [4.69, 9.17) is 15.0 Å². The molecule has 244 valence electrons. The number of rotatable bonds is 5. The van der Waals surface area contributed by atoms with Gasteiger partial charge in [0.05, 0.1) is 45.4 Å². The van der Waals surface area contributed by atoms with Crippen molar-refractivity contribution in [3.8, 4) is 62.2 Å². The first-order chi connectivity index (χ1) is 24.0. The summed E-state index contributed by atoms with van der Waals surface area (Å²) in [6.07, 6.45) is 0. The summed E-state index contributed by atoms with van der Waals surface area (Å²) in [5, 5.41) is 9.59. The van der Waals surface area contributed by atoms with E-state index in [-0.39, 0.29) is 10.8 Å². The minimum absolute atomic E-state index is 0.0727. The molecule has 2 aromatic heterocycles. The van der Waals surface area contributed by atoms with Crippen molar-refractivity contribution in [2.75, 3.05) is 0 Å². The fourth-order valence-corrected chi connectivity index (χ4v) is 6.23. The number of pyridine rings is 1. The Morgan fingerprint density at radius 2 is 0.880 bits per heavy atom. The third-order valence-corrected chi connectivity index (χ3v) is 9.25. The molecule has 0 aliphatic carbocycles. The molecule has 4 nitrogen and oxygen atoms in total. The summed E-state index contributed by atoms with van der Waals surface area (Å²) in [5.74, 6) is 0. The van der Waals surface area contributed by atoms with E-state index < -0.39 is 0 Å². The highest BCUT2D eigenvalue weighted by atomic mass is 14.8. The first-order valence-corrected chi connectivity index (χ1v) is 17.1. The van der Waals surface area contributed by atoms with E-state index in [1.807, 2.05) is 42.5 Å². The summed E-state index contributed by atoms with van der Waals surface area (Å²) in [7, 11) is 0. The second-order valence-corrected chi connectivity index (χ2v) is 15.0. The average molecular weight is 649 g/mol. The molecule has 7 aromatic rings. The van der Waals surface area contributed by atoms with Crippen molar-refractivity contribution >= 4 is 11.0 Å². The van der Waals surface area contributed by atoms with E-state index in [0.717, 1.165) is 67.2 Å². The minimum Gasteiger partial charge on any atom is -0.248 e. The van der Waals surface area contributed by atoms with Crippen molar-refractivity contribution in [1.29, 1.82) is 5.26 Å². The molecule has 5 aromatic carbocycles. The van der Waals surface area contributed by atoms with Crippen molar-refractivity contribution in [1.82, 2.24) is 15.0 Å². The molecule has 4 heteroatoms. The standard InChI is InChI=1S/C46H40N4/c1-45(2,3)37-22-18-31(19-23-37)36-27-41(48-42(28-36)33-20-24-38(25-21-33)46(4,5)6)32-14-16-34(17-15-32)43-44(35-11-9-10-30(26-35)29-47)50-40-13-8-7-12-39(40)49-43/h7-28H,1-6H3. The Bertz CT molecular complexity index is 2290. The Labute approximate surface area is 295 Å². The van der Waals surface area contributed by atoms with Crippen LogP contribution in [0.15, 0.2) is 133 Å². The highest BCUT2D eigenvalue weighted by Gasteiger charge is 2.18. The zero-order valence-corrected chi connectivity index (χ0v) is 29.5.